The van der Waals surface area contributed by atoms with Crippen LogP contribution in [0.15, 0.2) is 23.9 Å². The summed E-state index contributed by atoms with van der Waals surface area (Å²) in [5.74, 6) is -0.211. The van der Waals surface area contributed by atoms with Crippen molar-refractivity contribution in [3.05, 3.63) is 40.6 Å². The average molecular weight is 289 g/mol. The van der Waals surface area contributed by atoms with Crippen molar-refractivity contribution in [3.63, 3.8) is 0 Å². The van der Waals surface area contributed by atoms with Crippen molar-refractivity contribution in [1.82, 2.24) is 0 Å². The minimum Gasteiger partial charge on any atom is -0.348 e. The Bertz CT molecular complexity index is 628. The number of rotatable bonds is 4. The molecule has 1 aliphatic carbocycles. The van der Waals surface area contributed by atoms with Crippen molar-refractivity contribution in [2.75, 3.05) is 11.9 Å². The first-order valence-electron chi connectivity index (χ1n) is 6.75. The van der Waals surface area contributed by atoms with E-state index < -0.39 is 0 Å². The molecule has 4 heteroatoms. The highest BCUT2D eigenvalue weighted by atomic mass is 32.1. The number of carbonyl (C=O) groups excluding carboxylic acids is 1. The van der Waals surface area contributed by atoms with Gasteiger partial charge in [-0.1, -0.05) is 18.2 Å². The topological polar surface area (TPSA) is 37.4 Å². The molecule has 0 amide bonds. The van der Waals surface area contributed by atoms with Crippen LogP contribution in [0.4, 0.5) is 5.69 Å². The van der Waals surface area contributed by atoms with Crippen LogP contribution in [-0.4, -0.2) is 22.4 Å². The quantitative estimate of drug-likeness (QED) is 0.631. The van der Waals surface area contributed by atoms with Crippen molar-refractivity contribution in [1.29, 1.82) is 0 Å². The molecule has 20 heavy (non-hydrogen) atoms. The molecule has 0 heterocycles. The van der Waals surface area contributed by atoms with Gasteiger partial charge >= 0.3 is 0 Å². The zero-order valence-corrected chi connectivity index (χ0v) is 12.9. The fraction of sp³-hybridized carbons (Fsp3) is 0.375. The second kappa shape index (κ2) is 6.18. The van der Waals surface area contributed by atoms with Crippen LogP contribution in [0.25, 0.3) is 0 Å². The molecule has 1 aromatic rings. The molecule has 0 bridgehead atoms. The Morgan fingerprint density at radius 1 is 1.35 bits per heavy atom. The zero-order chi connectivity index (χ0) is 14.7. The molecule has 1 aromatic carbocycles. The normalized spacial score (nSPS) is 13.8. The molecule has 1 aliphatic rings. The molecule has 3 nitrogen and oxygen atoms in total. The van der Waals surface area contributed by atoms with Gasteiger partial charge in [0.2, 0.25) is 0 Å². The number of allylic oxidation sites excluding steroid dienone is 2. The van der Waals surface area contributed by atoms with Crippen LogP contribution in [0, 0.1) is 13.8 Å². The van der Waals surface area contributed by atoms with Crippen LogP contribution in [0.3, 0.4) is 0 Å². The summed E-state index contributed by atoms with van der Waals surface area (Å²) in [6, 6.07) is 3.75. The lowest BCUT2D eigenvalue weighted by molar-refractivity contribution is 0.107. The van der Waals surface area contributed by atoms with E-state index >= 15 is 0 Å². The lowest BCUT2D eigenvalue weighted by atomic mass is 9.99. The molecule has 0 N–H and O–H groups in total. The van der Waals surface area contributed by atoms with E-state index in [1.54, 1.807) is 6.07 Å². The SMILES string of the molecule is Cc1ccc(C(=O)C=S=O)c(C)c1N(C)C1=CCCC1. The Morgan fingerprint density at radius 3 is 2.70 bits per heavy atom. The van der Waals surface area contributed by atoms with Gasteiger partial charge in [0.15, 0.2) is 5.78 Å². The Hall–Kier alpha value is -1.68. The second-order valence-electron chi connectivity index (χ2n) is 5.13. The van der Waals surface area contributed by atoms with Crippen LogP contribution in [0.2, 0.25) is 0 Å². The Balaban J connectivity index is 2.49. The van der Waals surface area contributed by atoms with Crippen molar-refractivity contribution < 1.29 is 9.00 Å². The lowest BCUT2D eigenvalue weighted by Crippen LogP contribution is -2.19. The van der Waals surface area contributed by atoms with Gasteiger partial charge in [0.05, 0.1) is 16.6 Å². The maximum absolute atomic E-state index is 12.0. The number of hydrogen-bond donors (Lipinski definition) is 0. The van der Waals surface area contributed by atoms with Gasteiger partial charge in [0, 0.05) is 24.0 Å². The highest BCUT2D eigenvalue weighted by Gasteiger charge is 2.18. The fourth-order valence-electron chi connectivity index (χ4n) is 2.83. The summed E-state index contributed by atoms with van der Waals surface area (Å²) in [5.41, 5.74) is 5.08. The Morgan fingerprint density at radius 2 is 2.10 bits per heavy atom. The summed E-state index contributed by atoms with van der Waals surface area (Å²) in [4.78, 5) is 14.1. The molecule has 0 aromatic heterocycles. The van der Waals surface area contributed by atoms with E-state index in [1.165, 1.54) is 12.1 Å². The van der Waals surface area contributed by atoms with E-state index in [2.05, 4.69) is 17.9 Å². The average Bonchev–Trinajstić information content (AvgIpc) is 2.92. The van der Waals surface area contributed by atoms with Gasteiger partial charge in [0.25, 0.3) is 0 Å². The highest BCUT2D eigenvalue weighted by Crippen LogP contribution is 2.32. The fourth-order valence-corrected chi connectivity index (χ4v) is 3.04. The minimum absolute atomic E-state index is 0.208. The number of ketones is 1. The summed E-state index contributed by atoms with van der Waals surface area (Å²) in [7, 11) is 2.05. The Kier molecular flexibility index (Phi) is 4.55. The zero-order valence-electron chi connectivity index (χ0n) is 12.1. The standard InChI is InChI=1S/C16H19NO2S/c1-11-8-9-14(15(18)10-20-19)12(2)16(11)17(3)13-6-4-5-7-13/h6,8-10H,4-5,7H2,1-3H3. The highest BCUT2D eigenvalue weighted by molar-refractivity contribution is 7.66. The van der Waals surface area contributed by atoms with E-state index in [1.807, 2.05) is 20.0 Å². The summed E-state index contributed by atoms with van der Waals surface area (Å²) < 4.78 is 10.5. The first-order chi connectivity index (χ1) is 9.56. The lowest BCUT2D eigenvalue weighted by Gasteiger charge is -2.26. The second-order valence-corrected chi connectivity index (χ2v) is 5.56. The van der Waals surface area contributed by atoms with Gasteiger partial charge in [-0.3, -0.25) is 4.79 Å². The largest absolute Gasteiger partial charge is 0.348 e. The van der Waals surface area contributed by atoms with Crippen molar-refractivity contribution in [2.45, 2.75) is 33.1 Å². The summed E-state index contributed by atoms with van der Waals surface area (Å²) in [6.45, 7) is 4.00. The number of anilines is 1. The van der Waals surface area contributed by atoms with E-state index in [4.69, 9.17) is 0 Å². The van der Waals surface area contributed by atoms with Crippen molar-refractivity contribution in [3.8, 4) is 0 Å². The molecular formula is C16H19NO2S. The number of nitrogens with zero attached hydrogens (tertiary/aromatic N) is 1. The molecule has 0 fully saturated rings. The summed E-state index contributed by atoms with van der Waals surface area (Å²) >= 11 is 0.208. The van der Waals surface area contributed by atoms with Crippen molar-refractivity contribution in [2.24, 2.45) is 0 Å². The molecular weight excluding hydrogens is 270 g/mol. The third kappa shape index (κ3) is 2.75. The van der Waals surface area contributed by atoms with Crippen LogP contribution in [0.5, 0.6) is 0 Å². The molecule has 0 saturated carbocycles. The molecule has 0 aliphatic heterocycles. The molecule has 0 radical (unpaired) electrons. The van der Waals surface area contributed by atoms with E-state index in [9.17, 15) is 9.00 Å². The molecule has 0 unspecified atom stereocenters. The van der Waals surface area contributed by atoms with Crippen LogP contribution in [0.1, 0.15) is 40.7 Å². The van der Waals surface area contributed by atoms with E-state index in [0.29, 0.717) is 5.56 Å². The predicted molar refractivity (Wildman–Crippen MR) is 84.8 cm³/mol. The summed E-state index contributed by atoms with van der Waals surface area (Å²) in [5, 5.41) is 1.12. The molecule has 0 atom stereocenters. The number of hydrogen-bond acceptors (Lipinski definition) is 3. The van der Waals surface area contributed by atoms with Crippen LogP contribution >= 0.6 is 0 Å². The van der Waals surface area contributed by atoms with Crippen LogP contribution in [-0.2, 0) is 11.3 Å². The van der Waals surface area contributed by atoms with E-state index in [-0.39, 0.29) is 17.0 Å². The number of benzene rings is 1. The number of Topliss-reactive ketones (excluding diaryl/α,β-unsaturated/α-hetero) is 1. The predicted octanol–water partition coefficient (Wildman–Crippen LogP) is 3.01. The minimum atomic E-state index is -0.211. The van der Waals surface area contributed by atoms with Gasteiger partial charge in [-0.25, -0.2) is 4.21 Å². The monoisotopic (exact) mass is 289 g/mol. The maximum Gasteiger partial charge on any atom is 0.199 e. The maximum atomic E-state index is 12.0. The van der Waals surface area contributed by atoms with Crippen LogP contribution < -0.4 is 4.90 Å². The first-order valence-corrected chi connectivity index (χ1v) is 7.56. The first kappa shape index (κ1) is 14.7. The van der Waals surface area contributed by atoms with Gasteiger partial charge in [0.1, 0.15) is 0 Å². The van der Waals surface area contributed by atoms with Gasteiger partial charge in [-0.15, -0.1) is 0 Å². The van der Waals surface area contributed by atoms with E-state index in [0.717, 1.165) is 35.0 Å². The smallest absolute Gasteiger partial charge is 0.199 e. The third-order valence-corrected chi connectivity index (χ3v) is 4.15. The van der Waals surface area contributed by atoms with Crippen molar-refractivity contribution >= 4 is 28.1 Å². The molecule has 2 rings (SSSR count). The molecule has 106 valence electrons. The van der Waals surface area contributed by atoms with Gasteiger partial charge in [-0.05, 0) is 44.2 Å². The Labute approximate surface area is 123 Å². The van der Waals surface area contributed by atoms with Gasteiger partial charge < -0.3 is 4.90 Å². The molecule has 0 spiro atoms. The number of aryl methyl sites for hydroxylation is 1. The van der Waals surface area contributed by atoms with Gasteiger partial charge in [-0.2, -0.15) is 0 Å². The number of carbonyl (C=O) groups is 1. The molecule has 0 saturated heterocycles. The third-order valence-electron chi connectivity index (χ3n) is 3.84. The summed E-state index contributed by atoms with van der Waals surface area (Å²) in [6.07, 6.45) is 5.65.